The van der Waals surface area contributed by atoms with Gasteiger partial charge < -0.3 is 0 Å². The zero-order valence-corrected chi connectivity index (χ0v) is 12.5. The highest BCUT2D eigenvalue weighted by atomic mass is 79.9. The standard InChI is InChI=1S/C16H11BrOS/c17-12-7-5-11(6-8-12)9-15(18)14-10-19-16-4-2-1-3-13(14)16/h1-8,10H,9H2. The van der Waals surface area contributed by atoms with Gasteiger partial charge in [-0.3, -0.25) is 4.79 Å². The SMILES string of the molecule is O=C(Cc1ccc(Br)cc1)c1csc2ccccc12. The number of thiophene rings is 1. The van der Waals surface area contributed by atoms with Gasteiger partial charge in [-0.15, -0.1) is 11.3 Å². The average Bonchev–Trinajstić information content (AvgIpc) is 2.85. The van der Waals surface area contributed by atoms with Crippen LogP contribution in [0, 0.1) is 0 Å². The minimum Gasteiger partial charge on any atom is -0.294 e. The van der Waals surface area contributed by atoms with Crippen LogP contribution < -0.4 is 0 Å². The topological polar surface area (TPSA) is 17.1 Å². The van der Waals surface area contributed by atoms with Gasteiger partial charge in [-0.25, -0.2) is 0 Å². The lowest BCUT2D eigenvalue weighted by molar-refractivity contribution is 0.0995. The van der Waals surface area contributed by atoms with Crippen LogP contribution in [0.2, 0.25) is 0 Å². The third-order valence-corrected chi connectivity index (χ3v) is 4.55. The van der Waals surface area contributed by atoms with Gasteiger partial charge in [-0.1, -0.05) is 46.3 Å². The predicted molar refractivity (Wildman–Crippen MR) is 84.0 cm³/mol. The number of carbonyl (C=O) groups excluding carboxylic acids is 1. The van der Waals surface area contributed by atoms with Gasteiger partial charge in [0, 0.05) is 31.9 Å². The summed E-state index contributed by atoms with van der Waals surface area (Å²) in [5, 5.41) is 3.03. The summed E-state index contributed by atoms with van der Waals surface area (Å²) >= 11 is 5.03. The van der Waals surface area contributed by atoms with Crippen molar-refractivity contribution in [3.05, 3.63) is 69.5 Å². The number of benzene rings is 2. The minimum atomic E-state index is 0.180. The molecule has 0 aliphatic carbocycles. The van der Waals surface area contributed by atoms with Crippen LogP contribution in [0.3, 0.4) is 0 Å². The molecule has 0 unspecified atom stereocenters. The van der Waals surface area contributed by atoms with E-state index in [2.05, 4.69) is 22.0 Å². The highest BCUT2D eigenvalue weighted by molar-refractivity contribution is 9.10. The molecule has 0 saturated heterocycles. The van der Waals surface area contributed by atoms with Crippen LogP contribution >= 0.6 is 27.3 Å². The van der Waals surface area contributed by atoms with E-state index in [1.165, 1.54) is 4.70 Å². The maximum Gasteiger partial charge on any atom is 0.168 e. The fourth-order valence-electron chi connectivity index (χ4n) is 2.08. The monoisotopic (exact) mass is 330 g/mol. The molecular weight excluding hydrogens is 320 g/mol. The Bertz CT molecular complexity index is 728. The van der Waals surface area contributed by atoms with Gasteiger partial charge >= 0.3 is 0 Å². The van der Waals surface area contributed by atoms with Gasteiger partial charge in [0.05, 0.1) is 0 Å². The van der Waals surface area contributed by atoms with E-state index in [0.29, 0.717) is 6.42 Å². The first-order valence-electron chi connectivity index (χ1n) is 5.98. The molecule has 0 radical (unpaired) electrons. The van der Waals surface area contributed by atoms with E-state index in [0.717, 1.165) is 21.0 Å². The van der Waals surface area contributed by atoms with Gasteiger partial charge in [0.2, 0.25) is 0 Å². The maximum absolute atomic E-state index is 12.4. The molecule has 1 heterocycles. The molecule has 3 rings (SSSR count). The van der Waals surface area contributed by atoms with Crippen LogP contribution in [-0.2, 0) is 6.42 Å². The maximum atomic E-state index is 12.4. The summed E-state index contributed by atoms with van der Waals surface area (Å²) in [5.41, 5.74) is 1.88. The normalized spacial score (nSPS) is 10.8. The second-order valence-electron chi connectivity index (χ2n) is 4.37. The number of halogens is 1. The van der Waals surface area contributed by atoms with E-state index in [1.807, 2.05) is 47.8 Å². The highest BCUT2D eigenvalue weighted by Gasteiger charge is 2.12. The predicted octanol–water partition coefficient (Wildman–Crippen LogP) is 5.09. The first-order valence-corrected chi connectivity index (χ1v) is 7.65. The van der Waals surface area contributed by atoms with Gasteiger partial charge in [0.25, 0.3) is 0 Å². The Morgan fingerprint density at radius 1 is 1.05 bits per heavy atom. The average molecular weight is 331 g/mol. The second-order valence-corrected chi connectivity index (χ2v) is 6.20. The number of ketones is 1. The lowest BCUT2D eigenvalue weighted by Gasteiger charge is -2.01. The zero-order valence-electron chi connectivity index (χ0n) is 10.1. The minimum absolute atomic E-state index is 0.180. The van der Waals surface area contributed by atoms with E-state index in [9.17, 15) is 4.79 Å². The summed E-state index contributed by atoms with van der Waals surface area (Å²) in [4.78, 5) is 12.4. The molecule has 0 aliphatic rings. The van der Waals surface area contributed by atoms with Crippen molar-refractivity contribution >= 4 is 43.1 Å². The number of hydrogen-bond acceptors (Lipinski definition) is 2. The molecule has 2 aromatic carbocycles. The van der Waals surface area contributed by atoms with Crippen LogP contribution in [0.25, 0.3) is 10.1 Å². The highest BCUT2D eigenvalue weighted by Crippen LogP contribution is 2.26. The van der Waals surface area contributed by atoms with Crippen molar-refractivity contribution in [1.29, 1.82) is 0 Å². The van der Waals surface area contributed by atoms with Crippen molar-refractivity contribution in [3.8, 4) is 0 Å². The van der Waals surface area contributed by atoms with Crippen LogP contribution in [0.1, 0.15) is 15.9 Å². The third-order valence-electron chi connectivity index (χ3n) is 3.06. The Kier molecular flexibility index (Phi) is 3.49. The molecule has 1 nitrogen and oxygen atoms in total. The number of Topliss-reactive ketones (excluding diaryl/α,β-unsaturated/α-hetero) is 1. The first kappa shape index (κ1) is 12.6. The summed E-state index contributed by atoms with van der Waals surface area (Å²) in [7, 11) is 0. The van der Waals surface area contributed by atoms with Crippen molar-refractivity contribution < 1.29 is 4.79 Å². The second kappa shape index (κ2) is 5.27. The van der Waals surface area contributed by atoms with E-state index < -0.39 is 0 Å². The number of carbonyl (C=O) groups is 1. The van der Waals surface area contributed by atoms with Gasteiger partial charge in [-0.05, 0) is 23.8 Å². The molecule has 0 aliphatic heterocycles. The van der Waals surface area contributed by atoms with E-state index in [1.54, 1.807) is 11.3 Å². The fourth-order valence-corrected chi connectivity index (χ4v) is 3.31. The number of rotatable bonds is 3. The molecular formula is C16H11BrOS. The van der Waals surface area contributed by atoms with Crippen molar-refractivity contribution in [1.82, 2.24) is 0 Å². The van der Waals surface area contributed by atoms with Crippen molar-refractivity contribution in [3.63, 3.8) is 0 Å². The Labute approximate surface area is 124 Å². The van der Waals surface area contributed by atoms with E-state index >= 15 is 0 Å². The third kappa shape index (κ3) is 2.62. The summed E-state index contributed by atoms with van der Waals surface area (Å²) in [6.45, 7) is 0. The zero-order chi connectivity index (χ0) is 13.2. The quantitative estimate of drug-likeness (QED) is 0.611. The summed E-state index contributed by atoms with van der Waals surface area (Å²) in [6.07, 6.45) is 0.452. The summed E-state index contributed by atoms with van der Waals surface area (Å²) < 4.78 is 2.20. The first-order chi connectivity index (χ1) is 9.24. The van der Waals surface area contributed by atoms with Crippen LogP contribution in [0.15, 0.2) is 58.4 Å². The lowest BCUT2D eigenvalue weighted by atomic mass is 10.0. The molecule has 19 heavy (non-hydrogen) atoms. The van der Waals surface area contributed by atoms with E-state index in [-0.39, 0.29) is 5.78 Å². The molecule has 3 aromatic rings. The van der Waals surface area contributed by atoms with Crippen LogP contribution in [-0.4, -0.2) is 5.78 Å². The van der Waals surface area contributed by atoms with Crippen molar-refractivity contribution in [2.24, 2.45) is 0 Å². The van der Waals surface area contributed by atoms with Crippen molar-refractivity contribution in [2.45, 2.75) is 6.42 Å². The van der Waals surface area contributed by atoms with Crippen molar-refractivity contribution in [2.75, 3.05) is 0 Å². The largest absolute Gasteiger partial charge is 0.294 e. The molecule has 0 bridgehead atoms. The molecule has 3 heteroatoms. The summed E-state index contributed by atoms with van der Waals surface area (Å²) in [5.74, 6) is 0.180. The Morgan fingerprint density at radius 2 is 1.79 bits per heavy atom. The molecule has 0 amide bonds. The fraction of sp³-hybridized carbons (Fsp3) is 0.0625. The Morgan fingerprint density at radius 3 is 2.58 bits per heavy atom. The lowest BCUT2D eigenvalue weighted by Crippen LogP contribution is -2.02. The molecule has 0 spiro atoms. The van der Waals surface area contributed by atoms with Crippen LogP contribution in [0.4, 0.5) is 0 Å². The molecule has 94 valence electrons. The molecule has 0 N–H and O–H groups in total. The smallest absolute Gasteiger partial charge is 0.168 e. The Hall–Kier alpha value is -1.45. The molecule has 0 saturated carbocycles. The van der Waals surface area contributed by atoms with Gasteiger partial charge in [-0.2, -0.15) is 0 Å². The number of fused-ring (bicyclic) bond motifs is 1. The number of hydrogen-bond donors (Lipinski definition) is 0. The van der Waals surface area contributed by atoms with Gasteiger partial charge in [0.15, 0.2) is 5.78 Å². The summed E-state index contributed by atoms with van der Waals surface area (Å²) in [6, 6.07) is 15.9. The molecule has 0 atom stereocenters. The van der Waals surface area contributed by atoms with Gasteiger partial charge in [0.1, 0.15) is 0 Å². The molecule has 0 fully saturated rings. The molecule has 1 aromatic heterocycles. The Balaban J connectivity index is 1.90. The van der Waals surface area contributed by atoms with E-state index in [4.69, 9.17) is 0 Å². The van der Waals surface area contributed by atoms with Crippen LogP contribution in [0.5, 0.6) is 0 Å².